The molecular formula is C16H15NO. The fourth-order valence-corrected chi connectivity index (χ4v) is 1.79. The Morgan fingerprint density at radius 1 is 1.06 bits per heavy atom. The van der Waals surface area contributed by atoms with Crippen LogP contribution in [0.15, 0.2) is 48.5 Å². The van der Waals surface area contributed by atoms with E-state index in [1.54, 1.807) is 12.1 Å². The average molecular weight is 237 g/mol. The molecule has 2 aromatic carbocycles. The monoisotopic (exact) mass is 237 g/mol. The van der Waals surface area contributed by atoms with Crippen LogP contribution in [-0.4, -0.2) is 0 Å². The van der Waals surface area contributed by atoms with Crippen molar-refractivity contribution in [2.24, 2.45) is 0 Å². The average Bonchev–Trinajstić information content (AvgIpc) is 2.42. The molecule has 2 heteroatoms. The highest BCUT2D eigenvalue weighted by atomic mass is 16.5. The van der Waals surface area contributed by atoms with Gasteiger partial charge in [-0.3, -0.25) is 0 Å². The summed E-state index contributed by atoms with van der Waals surface area (Å²) in [5.41, 5.74) is 1.86. The molecule has 0 radical (unpaired) electrons. The lowest BCUT2D eigenvalue weighted by atomic mass is 10.1. The number of aryl methyl sites for hydroxylation is 1. The summed E-state index contributed by atoms with van der Waals surface area (Å²) in [4.78, 5) is 0. The van der Waals surface area contributed by atoms with Crippen LogP contribution in [0.5, 0.6) is 11.5 Å². The first-order valence-corrected chi connectivity index (χ1v) is 6.09. The van der Waals surface area contributed by atoms with Crippen molar-refractivity contribution in [3.63, 3.8) is 0 Å². The zero-order valence-corrected chi connectivity index (χ0v) is 10.4. The standard InChI is InChI=1S/C16H15NO/c1-2-5-13-8-10-15(11-9-13)18-16-7-4-3-6-14(16)12-17/h3-4,6-11H,2,5H2,1H3. The summed E-state index contributed by atoms with van der Waals surface area (Å²) in [5, 5.41) is 8.98. The lowest BCUT2D eigenvalue weighted by molar-refractivity contribution is 0.481. The largest absolute Gasteiger partial charge is 0.456 e. The molecule has 0 N–H and O–H groups in total. The predicted octanol–water partition coefficient (Wildman–Crippen LogP) is 4.30. The Balaban J connectivity index is 2.16. The molecule has 0 fully saturated rings. The fraction of sp³-hybridized carbons (Fsp3) is 0.188. The van der Waals surface area contributed by atoms with Gasteiger partial charge < -0.3 is 4.74 Å². The van der Waals surface area contributed by atoms with E-state index >= 15 is 0 Å². The molecule has 90 valence electrons. The highest BCUT2D eigenvalue weighted by Gasteiger charge is 2.03. The van der Waals surface area contributed by atoms with Gasteiger partial charge in [0.25, 0.3) is 0 Å². The first kappa shape index (κ1) is 12.2. The van der Waals surface area contributed by atoms with Gasteiger partial charge in [-0.1, -0.05) is 37.6 Å². The smallest absolute Gasteiger partial charge is 0.145 e. The van der Waals surface area contributed by atoms with E-state index in [4.69, 9.17) is 10.00 Å². The first-order chi connectivity index (χ1) is 8.83. The lowest BCUT2D eigenvalue weighted by Crippen LogP contribution is -1.88. The summed E-state index contributed by atoms with van der Waals surface area (Å²) in [6, 6.07) is 17.4. The maximum absolute atomic E-state index is 8.98. The molecule has 18 heavy (non-hydrogen) atoms. The minimum absolute atomic E-state index is 0.551. The van der Waals surface area contributed by atoms with Crippen LogP contribution < -0.4 is 4.74 Å². The topological polar surface area (TPSA) is 33.0 Å². The number of hydrogen-bond acceptors (Lipinski definition) is 2. The second-order valence-corrected chi connectivity index (χ2v) is 4.10. The van der Waals surface area contributed by atoms with Gasteiger partial charge in [0.15, 0.2) is 0 Å². The van der Waals surface area contributed by atoms with Crippen molar-refractivity contribution < 1.29 is 4.74 Å². The van der Waals surface area contributed by atoms with Crippen LogP contribution in [0, 0.1) is 11.3 Å². The van der Waals surface area contributed by atoms with E-state index in [9.17, 15) is 0 Å². The summed E-state index contributed by atoms with van der Waals surface area (Å²) >= 11 is 0. The predicted molar refractivity (Wildman–Crippen MR) is 71.7 cm³/mol. The Hall–Kier alpha value is -2.27. The maximum atomic E-state index is 8.98. The Morgan fingerprint density at radius 2 is 1.78 bits per heavy atom. The van der Waals surface area contributed by atoms with Gasteiger partial charge in [0.05, 0.1) is 5.56 Å². The van der Waals surface area contributed by atoms with Gasteiger partial charge >= 0.3 is 0 Å². The molecule has 0 aliphatic heterocycles. The molecule has 0 heterocycles. The van der Waals surface area contributed by atoms with Gasteiger partial charge in [-0.05, 0) is 36.2 Å². The second kappa shape index (κ2) is 5.88. The number of rotatable bonds is 4. The zero-order valence-electron chi connectivity index (χ0n) is 10.4. The molecule has 0 bridgehead atoms. The van der Waals surface area contributed by atoms with E-state index < -0.39 is 0 Å². The summed E-state index contributed by atoms with van der Waals surface area (Å²) in [6.07, 6.45) is 2.21. The molecule has 0 aromatic heterocycles. The Kier molecular flexibility index (Phi) is 3.98. The number of nitrogens with zero attached hydrogens (tertiary/aromatic N) is 1. The van der Waals surface area contributed by atoms with Crippen molar-refractivity contribution in [1.29, 1.82) is 5.26 Å². The fourth-order valence-electron chi connectivity index (χ4n) is 1.79. The molecule has 0 saturated carbocycles. The summed E-state index contributed by atoms with van der Waals surface area (Å²) < 4.78 is 5.71. The number of ether oxygens (including phenoxy) is 1. The van der Waals surface area contributed by atoms with E-state index in [1.165, 1.54) is 5.56 Å². The number of para-hydroxylation sites is 1. The maximum Gasteiger partial charge on any atom is 0.145 e. The van der Waals surface area contributed by atoms with Crippen molar-refractivity contribution in [1.82, 2.24) is 0 Å². The van der Waals surface area contributed by atoms with Crippen molar-refractivity contribution >= 4 is 0 Å². The van der Waals surface area contributed by atoms with Gasteiger partial charge in [-0.25, -0.2) is 0 Å². The molecule has 0 saturated heterocycles. The van der Waals surface area contributed by atoms with Crippen LogP contribution in [0.2, 0.25) is 0 Å². The summed E-state index contributed by atoms with van der Waals surface area (Å²) in [5.74, 6) is 1.36. The Labute approximate surface area is 107 Å². The van der Waals surface area contributed by atoms with E-state index in [1.807, 2.05) is 24.3 Å². The van der Waals surface area contributed by atoms with Crippen molar-refractivity contribution in [2.75, 3.05) is 0 Å². The highest BCUT2D eigenvalue weighted by molar-refractivity contribution is 5.45. The van der Waals surface area contributed by atoms with Gasteiger partial charge in [-0.15, -0.1) is 0 Å². The van der Waals surface area contributed by atoms with Crippen LogP contribution in [0.3, 0.4) is 0 Å². The van der Waals surface area contributed by atoms with E-state index in [0.29, 0.717) is 11.3 Å². The van der Waals surface area contributed by atoms with Crippen molar-refractivity contribution in [2.45, 2.75) is 19.8 Å². The van der Waals surface area contributed by atoms with Gasteiger partial charge in [-0.2, -0.15) is 5.26 Å². The van der Waals surface area contributed by atoms with Crippen LogP contribution in [0.1, 0.15) is 24.5 Å². The minimum atomic E-state index is 0.551. The molecule has 2 rings (SSSR count). The molecule has 0 aliphatic rings. The van der Waals surface area contributed by atoms with E-state index in [2.05, 4.69) is 25.1 Å². The lowest BCUT2D eigenvalue weighted by Gasteiger charge is -2.07. The molecule has 0 spiro atoms. The molecule has 0 unspecified atom stereocenters. The van der Waals surface area contributed by atoms with Crippen molar-refractivity contribution in [3.8, 4) is 17.6 Å². The van der Waals surface area contributed by atoms with Gasteiger partial charge in [0.1, 0.15) is 17.6 Å². The molecule has 2 aromatic rings. The van der Waals surface area contributed by atoms with Gasteiger partial charge in [0, 0.05) is 0 Å². The van der Waals surface area contributed by atoms with E-state index in [-0.39, 0.29) is 0 Å². The SMILES string of the molecule is CCCc1ccc(Oc2ccccc2C#N)cc1. The van der Waals surface area contributed by atoms with Crippen LogP contribution in [0.4, 0.5) is 0 Å². The zero-order chi connectivity index (χ0) is 12.8. The number of benzene rings is 2. The van der Waals surface area contributed by atoms with Crippen molar-refractivity contribution in [3.05, 3.63) is 59.7 Å². The number of hydrogen-bond donors (Lipinski definition) is 0. The Bertz CT molecular complexity index is 552. The molecular weight excluding hydrogens is 222 g/mol. The van der Waals surface area contributed by atoms with Gasteiger partial charge in [0.2, 0.25) is 0 Å². The van der Waals surface area contributed by atoms with E-state index in [0.717, 1.165) is 18.6 Å². The quantitative estimate of drug-likeness (QED) is 0.794. The Morgan fingerprint density at radius 3 is 2.44 bits per heavy atom. The third-order valence-electron chi connectivity index (χ3n) is 2.70. The van der Waals surface area contributed by atoms with Crippen LogP contribution in [0.25, 0.3) is 0 Å². The van der Waals surface area contributed by atoms with Crippen LogP contribution in [-0.2, 0) is 6.42 Å². The molecule has 0 amide bonds. The third-order valence-corrected chi connectivity index (χ3v) is 2.70. The summed E-state index contributed by atoms with van der Waals surface area (Å²) in [6.45, 7) is 2.16. The number of nitriles is 1. The molecule has 0 aliphatic carbocycles. The normalized spacial score (nSPS) is 9.78. The second-order valence-electron chi connectivity index (χ2n) is 4.10. The molecule has 2 nitrogen and oxygen atoms in total. The first-order valence-electron chi connectivity index (χ1n) is 6.09. The third kappa shape index (κ3) is 2.89. The van der Waals surface area contributed by atoms with Crippen LogP contribution >= 0.6 is 0 Å². The highest BCUT2D eigenvalue weighted by Crippen LogP contribution is 2.25. The summed E-state index contributed by atoms with van der Waals surface area (Å²) in [7, 11) is 0. The minimum Gasteiger partial charge on any atom is -0.456 e. The molecule has 0 atom stereocenters.